The third-order valence-corrected chi connectivity index (χ3v) is 5.15. The predicted molar refractivity (Wildman–Crippen MR) is 115 cm³/mol. The van der Waals surface area contributed by atoms with Crippen LogP contribution in [0.1, 0.15) is 25.0 Å². The summed E-state index contributed by atoms with van der Waals surface area (Å²) in [6, 6.07) is 19.4. The number of pyridine rings is 1. The van der Waals surface area contributed by atoms with Crippen molar-refractivity contribution in [2.45, 2.75) is 20.4 Å². The van der Waals surface area contributed by atoms with E-state index in [2.05, 4.69) is 115 Å². The highest BCUT2D eigenvalue weighted by molar-refractivity contribution is 5.89. The van der Waals surface area contributed by atoms with E-state index < -0.39 is 0 Å². The molecule has 0 radical (unpaired) electrons. The number of hydrogen-bond donors (Lipinski definition) is 0. The molecule has 2 aromatic carbocycles. The summed E-state index contributed by atoms with van der Waals surface area (Å²) < 4.78 is 2.28. The molecule has 0 saturated heterocycles. The van der Waals surface area contributed by atoms with Gasteiger partial charge in [0.05, 0.1) is 5.39 Å². The molecule has 134 valence electrons. The summed E-state index contributed by atoms with van der Waals surface area (Å²) in [5.74, 6) is 0. The highest BCUT2D eigenvalue weighted by atomic mass is 15.1. The second-order valence-electron chi connectivity index (χ2n) is 6.67. The molecule has 3 aromatic rings. The van der Waals surface area contributed by atoms with E-state index in [4.69, 9.17) is 0 Å². The van der Waals surface area contributed by atoms with Crippen molar-refractivity contribution in [3.63, 3.8) is 0 Å². The van der Waals surface area contributed by atoms with Crippen LogP contribution in [0.15, 0.2) is 85.2 Å². The Bertz CT molecular complexity index is 1060. The maximum Gasteiger partial charge on any atom is 0.213 e. The lowest BCUT2D eigenvalue weighted by Gasteiger charge is -2.26. The van der Waals surface area contributed by atoms with Gasteiger partial charge in [-0.3, -0.25) is 0 Å². The molecular weight excluding hydrogens is 328 g/mol. The van der Waals surface area contributed by atoms with E-state index in [1.54, 1.807) is 0 Å². The zero-order chi connectivity index (χ0) is 18.6. The molecule has 4 rings (SSSR count). The van der Waals surface area contributed by atoms with Gasteiger partial charge in [0.15, 0.2) is 6.20 Å². The van der Waals surface area contributed by atoms with E-state index in [-0.39, 0.29) is 0 Å². The van der Waals surface area contributed by atoms with Gasteiger partial charge in [-0.05, 0) is 43.2 Å². The van der Waals surface area contributed by atoms with Crippen LogP contribution in [-0.4, -0.2) is 6.54 Å². The van der Waals surface area contributed by atoms with Gasteiger partial charge in [0, 0.05) is 36.1 Å². The molecule has 0 bridgehead atoms. The average molecular weight is 353 g/mol. The van der Waals surface area contributed by atoms with Crippen molar-refractivity contribution in [1.82, 2.24) is 0 Å². The van der Waals surface area contributed by atoms with Gasteiger partial charge in [-0.2, -0.15) is 4.57 Å². The van der Waals surface area contributed by atoms with Gasteiger partial charge in [0.1, 0.15) is 6.54 Å². The molecule has 0 N–H and O–H groups in total. The molecule has 0 aliphatic carbocycles. The van der Waals surface area contributed by atoms with Crippen LogP contribution in [0, 0.1) is 0 Å². The molecule has 0 fully saturated rings. The molecule has 0 amide bonds. The molecule has 0 unspecified atom stereocenters. The van der Waals surface area contributed by atoms with Gasteiger partial charge in [0.25, 0.3) is 0 Å². The minimum Gasteiger partial charge on any atom is -0.348 e. The Morgan fingerprint density at radius 2 is 1.78 bits per heavy atom. The fraction of sp³-hybridized carbons (Fsp3) is 0.160. The van der Waals surface area contributed by atoms with Gasteiger partial charge in [-0.15, -0.1) is 0 Å². The first kappa shape index (κ1) is 17.3. The van der Waals surface area contributed by atoms with Crippen LogP contribution in [0.4, 0.5) is 5.69 Å². The zero-order valence-electron chi connectivity index (χ0n) is 16.0. The third kappa shape index (κ3) is 3.31. The van der Waals surface area contributed by atoms with Crippen LogP contribution >= 0.6 is 0 Å². The Labute approximate surface area is 161 Å². The van der Waals surface area contributed by atoms with E-state index in [9.17, 15) is 0 Å². The molecule has 1 aliphatic rings. The topological polar surface area (TPSA) is 7.12 Å². The zero-order valence-corrected chi connectivity index (χ0v) is 16.0. The SMILES string of the molecule is CCN1C=C/C(=C/C=C/c2cc[n+](CC)c3ccccc23)c2ccccc21. The molecule has 27 heavy (non-hydrogen) atoms. The maximum atomic E-state index is 2.28. The molecule has 0 atom stereocenters. The Kier molecular flexibility index (Phi) is 4.88. The number of nitrogens with zero attached hydrogens (tertiary/aromatic N) is 2. The minimum absolute atomic E-state index is 0.976. The van der Waals surface area contributed by atoms with Crippen LogP contribution in [-0.2, 0) is 6.54 Å². The van der Waals surface area contributed by atoms with Crippen molar-refractivity contribution < 1.29 is 4.57 Å². The second-order valence-corrected chi connectivity index (χ2v) is 6.67. The number of aromatic nitrogens is 1. The van der Waals surface area contributed by atoms with Gasteiger partial charge in [-0.25, -0.2) is 0 Å². The first-order valence-corrected chi connectivity index (χ1v) is 9.65. The Balaban J connectivity index is 1.70. The van der Waals surface area contributed by atoms with Crippen molar-refractivity contribution in [2.75, 3.05) is 11.4 Å². The van der Waals surface area contributed by atoms with Gasteiger partial charge in [0.2, 0.25) is 5.52 Å². The summed E-state index contributed by atoms with van der Waals surface area (Å²) in [7, 11) is 0. The van der Waals surface area contributed by atoms with E-state index in [0.29, 0.717) is 0 Å². The predicted octanol–water partition coefficient (Wildman–Crippen LogP) is 5.60. The molecular formula is C25H25N2+. The molecule has 1 aliphatic heterocycles. The first-order valence-electron chi connectivity index (χ1n) is 9.65. The van der Waals surface area contributed by atoms with Crippen molar-refractivity contribution >= 4 is 28.2 Å². The number of allylic oxidation sites excluding steroid dienone is 4. The van der Waals surface area contributed by atoms with Gasteiger partial charge >= 0.3 is 0 Å². The normalized spacial score (nSPS) is 15.0. The number of aryl methyl sites for hydroxylation is 1. The molecule has 2 heteroatoms. The lowest BCUT2D eigenvalue weighted by molar-refractivity contribution is -0.667. The van der Waals surface area contributed by atoms with Crippen LogP contribution < -0.4 is 9.47 Å². The summed E-state index contributed by atoms with van der Waals surface area (Å²) in [6.07, 6.45) is 13.1. The number of para-hydroxylation sites is 2. The van der Waals surface area contributed by atoms with E-state index >= 15 is 0 Å². The van der Waals surface area contributed by atoms with Crippen LogP contribution in [0.2, 0.25) is 0 Å². The fourth-order valence-corrected chi connectivity index (χ4v) is 3.71. The smallest absolute Gasteiger partial charge is 0.213 e. The van der Waals surface area contributed by atoms with Crippen LogP contribution in [0.3, 0.4) is 0 Å². The highest BCUT2D eigenvalue weighted by Gasteiger charge is 2.13. The standard InChI is InChI=1S/C25H25N2/c1-3-26-18-16-20(22-12-5-7-14-24(22)26)10-9-11-21-17-19-27(4-2)25-15-8-6-13-23(21)25/h5-19H,3-4H2,1-2H3/q+1. The molecule has 1 aromatic heterocycles. The highest BCUT2D eigenvalue weighted by Crippen LogP contribution is 2.32. The number of benzene rings is 2. The number of anilines is 1. The lowest BCUT2D eigenvalue weighted by Crippen LogP contribution is -2.32. The van der Waals surface area contributed by atoms with E-state index in [0.717, 1.165) is 13.1 Å². The second kappa shape index (κ2) is 7.63. The summed E-state index contributed by atoms with van der Waals surface area (Å²) in [5, 5.41) is 1.29. The lowest BCUT2D eigenvalue weighted by atomic mass is 9.99. The Hall–Kier alpha value is -3.13. The van der Waals surface area contributed by atoms with Crippen LogP contribution in [0.5, 0.6) is 0 Å². The first-order chi connectivity index (χ1) is 13.3. The third-order valence-electron chi connectivity index (χ3n) is 5.15. The van der Waals surface area contributed by atoms with Crippen molar-refractivity contribution in [2.24, 2.45) is 0 Å². The van der Waals surface area contributed by atoms with Gasteiger partial charge in [-0.1, -0.05) is 48.6 Å². The Morgan fingerprint density at radius 3 is 2.63 bits per heavy atom. The molecule has 2 heterocycles. The van der Waals surface area contributed by atoms with Crippen molar-refractivity contribution in [1.29, 1.82) is 0 Å². The maximum absolute atomic E-state index is 2.28. The molecule has 0 saturated carbocycles. The molecule has 0 spiro atoms. The average Bonchev–Trinajstić information content (AvgIpc) is 2.74. The number of fused-ring (bicyclic) bond motifs is 2. The van der Waals surface area contributed by atoms with Crippen molar-refractivity contribution in [3.8, 4) is 0 Å². The largest absolute Gasteiger partial charge is 0.348 e. The number of rotatable bonds is 4. The quantitative estimate of drug-likeness (QED) is 0.554. The van der Waals surface area contributed by atoms with Gasteiger partial charge < -0.3 is 4.90 Å². The summed E-state index contributed by atoms with van der Waals surface area (Å²) >= 11 is 0. The summed E-state index contributed by atoms with van der Waals surface area (Å²) in [6.45, 7) is 6.31. The monoisotopic (exact) mass is 353 g/mol. The van der Waals surface area contributed by atoms with E-state index in [1.807, 2.05) is 0 Å². The summed E-state index contributed by atoms with van der Waals surface area (Å²) in [5.41, 5.74) is 6.33. The summed E-state index contributed by atoms with van der Waals surface area (Å²) in [4.78, 5) is 2.28. The van der Waals surface area contributed by atoms with E-state index in [1.165, 1.54) is 33.3 Å². The fourth-order valence-electron chi connectivity index (χ4n) is 3.71. The minimum atomic E-state index is 0.976. The molecule has 2 nitrogen and oxygen atoms in total. The number of hydrogen-bond acceptors (Lipinski definition) is 1. The Morgan fingerprint density at radius 1 is 0.963 bits per heavy atom. The van der Waals surface area contributed by atoms with Crippen molar-refractivity contribution in [3.05, 3.63) is 96.3 Å². The van der Waals surface area contributed by atoms with Crippen LogP contribution in [0.25, 0.3) is 22.6 Å².